The van der Waals surface area contributed by atoms with Gasteiger partial charge in [-0.25, -0.2) is 0 Å². The first kappa shape index (κ1) is 17.6. The van der Waals surface area contributed by atoms with Gasteiger partial charge in [0.25, 0.3) is 5.91 Å². The Bertz CT molecular complexity index is 503. The van der Waals surface area contributed by atoms with E-state index in [1.54, 1.807) is 18.2 Å². The Labute approximate surface area is 121 Å². The van der Waals surface area contributed by atoms with Crippen LogP contribution in [0.4, 0.5) is 0 Å². The fourth-order valence-electron chi connectivity index (χ4n) is 1.23. The molecule has 20 heavy (non-hydrogen) atoms. The number of carbonyl (C=O) groups excluding carboxylic acids is 1. The van der Waals surface area contributed by atoms with Crippen LogP contribution in [0.2, 0.25) is 0 Å². The third-order valence-corrected chi connectivity index (χ3v) is 2.24. The first-order valence-electron chi connectivity index (χ1n) is 6.23. The van der Waals surface area contributed by atoms with E-state index >= 15 is 0 Å². The average Bonchev–Trinajstić information content (AvgIpc) is 2.41. The van der Waals surface area contributed by atoms with Crippen LogP contribution in [-0.2, 0) is 4.79 Å². The van der Waals surface area contributed by atoms with Crippen molar-refractivity contribution >= 4 is 12.1 Å². The number of hydrogen-bond acceptors (Lipinski definition) is 2. The molecule has 0 bridgehead atoms. The maximum Gasteiger partial charge on any atom is 0.266 e. The van der Waals surface area contributed by atoms with Gasteiger partial charge in [-0.05, 0) is 38.5 Å². The number of rotatable bonds is 7. The van der Waals surface area contributed by atoms with E-state index in [0.29, 0.717) is 5.70 Å². The fraction of sp³-hybridized carbons (Fsp3) is 0.176. The molecule has 0 radical (unpaired) electrons. The molecule has 0 aromatic carbocycles. The van der Waals surface area contributed by atoms with Crippen molar-refractivity contribution in [2.24, 2.45) is 4.99 Å². The molecule has 1 amide bonds. The third kappa shape index (κ3) is 7.11. The van der Waals surface area contributed by atoms with Gasteiger partial charge in [-0.2, -0.15) is 0 Å². The molecule has 0 aliphatic carbocycles. The molecule has 3 heteroatoms. The minimum atomic E-state index is -0.298. The molecule has 106 valence electrons. The number of amides is 1. The predicted molar refractivity (Wildman–Crippen MR) is 87.4 cm³/mol. The topological polar surface area (TPSA) is 41.5 Å². The number of aliphatic imine (C=N–C) groups is 1. The molecule has 0 aliphatic rings. The highest BCUT2D eigenvalue weighted by molar-refractivity contribution is 6.27. The number of carbonyl (C=O) groups is 1. The van der Waals surface area contributed by atoms with Crippen molar-refractivity contribution in [1.82, 2.24) is 5.32 Å². The summed E-state index contributed by atoms with van der Waals surface area (Å²) in [6.45, 7) is 16.7. The Hall–Kier alpha value is -2.42. The van der Waals surface area contributed by atoms with E-state index in [2.05, 4.69) is 30.0 Å². The SMILES string of the molecule is C=CC(C=C)=C(C=C)N=CC(=O)N/C(C)=C/C=C(C)C. The number of nitrogens with zero attached hydrogens (tertiary/aromatic N) is 1. The normalized spacial score (nSPS) is 10.7. The maximum absolute atomic E-state index is 11.7. The molecular weight excluding hydrogens is 248 g/mol. The van der Waals surface area contributed by atoms with Crippen LogP contribution in [0.1, 0.15) is 20.8 Å². The summed E-state index contributed by atoms with van der Waals surface area (Å²) in [5.74, 6) is -0.298. The lowest BCUT2D eigenvalue weighted by Crippen LogP contribution is -2.22. The van der Waals surface area contributed by atoms with Gasteiger partial charge >= 0.3 is 0 Å². The molecule has 3 nitrogen and oxygen atoms in total. The van der Waals surface area contributed by atoms with Crippen molar-refractivity contribution in [3.05, 3.63) is 72.7 Å². The van der Waals surface area contributed by atoms with Gasteiger partial charge in [0, 0.05) is 5.70 Å². The van der Waals surface area contributed by atoms with Gasteiger partial charge in [0.15, 0.2) is 0 Å². The summed E-state index contributed by atoms with van der Waals surface area (Å²) in [4.78, 5) is 15.8. The van der Waals surface area contributed by atoms with Gasteiger partial charge in [0.1, 0.15) is 0 Å². The van der Waals surface area contributed by atoms with Crippen LogP contribution in [0.5, 0.6) is 0 Å². The number of nitrogens with one attached hydrogen (secondary N) is 1. The molecule has 0 unspecified atom stereocenters. The van der Waals surface area contributed by atoms with Crippen LogP contribution in [0, 0.1) is 0 Å². The molecule has 0 saturated carbocycles. The first-order valence-corrected chi connectivity index (χ1v) is 6.23. The van der Waals surface area contributed by atoms with E-state index in [-0.39, 0.29) is 5.91 Å². The average molecular weight is 270 g/mol. The minimum absolute atomic E-state index is 0.298. The monoisotopic (exact) mass is 270 g/mol. The molecule has 0 aromatic rings. The van der Waals surface area contributed by atoms with Crippen LogP contribution in [0.3, 0.4) is 0 Å². The Morgan fingerprint density at radius 3 is 2.05 bits per heavy atom. The minimum Gasteiger partial charge on any atom is -0.325 e. The fourth-order valence-corrected chi connectivity index (χ4v) is 1.23. The van der Waals surface area contributed by atoms with Gasteiger partial charge in [0.05, 0.1) is 11.9 Å². The molecule has 0 aromatic heterocycles. The van der Waals surface area contributed by atoms with Crippen molar-refractivity contribution in [2.75, 3.05) is 0 Å². The van der Waals surface area contributed by atoms with Crippen molar-refractivity contribution < 1.29 is 4.79 Å². The van der Waals surface area contributed by atoms with Gasteiger partial charge in [0.2, 0.25) is 0 Å². The zero-order chi connectivity index (χ0) is 15.5. The standard InChI is InChI=1S/C17H22N2O/c1-7-15(8-2)16(9-3)18-12-17(20)19-14(6)11-10-13(4)5/h7-12H,1-3H2,4-6H3,(H,19,20)/b14-11+,18-12?. The summed E-state index contributed by atoms with van der Waals surface area (Å²) >= 11 is 0. The summed E-state index contributed by atoms with van der Waals surface area (Å²) in [6, 6.07) is 0. The Kier molecular flexibility index (Phi) is 8.35. The molecule has 0 rings (SSSR count). The second kappa shape index (κ2) is 9.50. The van der Waals surface area contributed by atoms with Crippen LogP contribution >= 0.6 is 0 Å². The van der Waals surface area contributed by atoms with Crippen LogP contribution in [0.25, 0.3) is 0 Å². The number of hydrogen-bond donors (Lipinski definition) is 1. The second-order valence-electron chi connectivity index (χ2n) is 4.29. The lowest BCUT2D eigenvalue weighted by molar-refractivity contribution is -0.113. The summed E-state index contributed by atoms with van der Waals surface area (Å²) in [7, 11) is 0. The Morgan fingerprint density at radius 2 is 1.60 bits per heavy atom. The van der Waals surface area contributed by atoms with Crippen LogP contribution < -0.4 is 5.32 Å². The summed E-state index contributed by atoms with van der Waals surface area (Å²) in [6.07, 6.45) is 9.75. The largest absolute Gasteiger partial charge is 0.325 e. The van der Waals surface area contributed by atoms with Gasteiger partial charge in [-0.15, -0.1) is 0 Å². The first-order chi connectivity index (χ1) is 9.44. The van der Waals surface area contributed by atoms with E-state index in [4.69, 9.17) is 0 Å². The van der Waals surface area contributed by atoms with Gasteiger partial charge in [-0.1, -0.05) is 43.5 Å². The molecular formula is C17H22N2O. The van der Waals surface area contributed by atoms with Gasteiger partial charge < -0.3 is 5.32 Å². The Balaban J connectivity index is 4.88. The smallest absolute Gasteiger partial charge is 0.266 e. The summed E-state index contributed by atoms with van der Waals surface area (Å²) < 4.78 is 0. The molecule has 0 saturated heterocycles. The summed E-state index contributed by atoms with van der Waals surface area (Å²) in [5, 5.41) is 2.71. The van der Waals surface area contributed by atoms with Crippen molar-refractivity contribution in [3.8, 4) is 0 Å². The zero-order valence-corrected chi connectivity index (χ0v) is 12.4. The Morgan fingerprint density at radius 1 is 1.00 bits per heavy atom. The highest BCUT2D eigenvalue weighted by atomic mass is 16.1. The van der Waals surface area contributed by atoms with Crippen molar-refractivity contribution in [1.29, 1.82) is 0 Å². The van der Waals surface area contributed by atoms with E-state index in [1.807, 2.05) is 32.9 Å². The zero-order valence-electron chi connectivity index (χ0n) is 12.4. The second-order valence-corrected chi connectivity index (χ2v) is 4.29. The van der Waals surface area contributed by atoms with Crippen molar-refractivity contribution in [2.45, 2.75) is 20.8 Å². The van der Waals surface area contributed by atoms with E-state index < -0.39 is 0 Å². The number of allylic oxidation sites excluding steroid dienone is 8. The van der Waals surface area contributed by atoms with E-state index in [0.717, 1.165) is 16.8 Å². The summed E-state index contributed by atoms with van der Waals surface area (Å²) in [5.41, 5.74) is 3.18. The van der Waals surface area contributed by atoms with Crippen molar-refractivity contribution in [3.63, 3.8) is 0 Å². The lowest BCUT2D eigenvalue weighted by Gasteiger charge is -2.01. The molecule has 0 heterocycles. The molecule has 1 N–H and O–H groups in total. The highest BCUT2D eigenvalue weighted by Gasteiger charge is 1.98. The quantitative estimate of drug-likeness (QED) is 0.554. The molecule has 0 atom stereocenters. The van der Waals surface area contributed by atoms with Gasteiger partial charge in [-0.3, -0.25) is 9.79 Å². The maximum atomic E-state index is 11.7. The van der Waals surface area contributed by atoms with E-state index in [9.17, 15) is 4.79 Å². The molecule has 0 fully saturated rings. The highest BCUT2D eigenvalue weighted by Crippen LogP contribution is 2.08. The van der Waals surface area contributed by atoms with Crippen LogP contribution in [0.15, 0.2) is 77.6 Å². The predicted octanol–water partition coefficient (Wildman–Crippen LogP) is 3.86. The molecule has 0 aliphatic heterocycles. The molecule has 0 spiro atoms. The van der Waals surface area contributed by atoms with E-state index in [1.165, 1.54) is 6.21 Å². The third-order valence-electron chi connectivity index (χ3n) is 2.24. The lowest BCUT2D eigenvalue weighted by atomic mass is 10.2. The van der Waals surface area contributed by atoms with Crippen LogP contribution in [-0.4, -0.2) is 12.1 Å².